The second-order valence-corrected chi connectivity index (χ2v) is 7.88. The number of amides is 1. The number of rotatable bonds is 6. The molecule has 6 nitrogen and oxygen atoms in total. The molecule has 3 aromatic carbocycles. The average molecular weight is 417 g/mol. The molecule has 0 saturated heterocycles. The van der Waals surface area contributed by atoms with Gasteiger partial charge in [-0.05, 0) is 60.7 Å². The van der Waals surface area contributed by atoms with Gasteiger partial charge in [-0.1, -0.05) is 23.7 Å². The Hall–Kier alpha value is -3.03. The highest BCUT2D eigenvalue weighted by Gasteiger charge is 2.15. The lowest BCUT2D eigenvalue weighted by Crippen LogP contribution is -2.14. The molecule has 0 radical (unpaired) electrons. The van der Waals surface area contributed by atoms with E-state index in [4.69, 9.17) is 16.3 Å². The predicted octanol–water partition coefficient (Wildman–Crippen LogP) is 4.40. The Bertz CT molecular complexity index is 1080. The van der Waals surface area contributed by atoms with Gasteiger partial charge in [0.2, 0.25) is 0 Å². The first-order valence-electron chi connectivity index (χ1n) is 8.22. The van der Waals surface area contributed by atoms with Crippen molar-refractivity contribution in [3.05, 3.63) is 83.4 Å². The predicted molar refractivity (Wildman–Crippen MR) is 110 cm³/mol. The fourth-order valence-electron chi connectivity index (χ4n) is 2.43. The Morgan fingerprint density at radius 2 is 1.50 bits per heavy atom. The number of hydrogen-bond donors (Lipinski definition) is 2. The third-order valence-corrected chi connectivity index (χ3v) is 5.61. The fraction of sp³-hybridized carbons (Fsp3) is 0.0500. The van der Waals surface area contributed by atoms with Crippen LogP contribution in [-0.4, -0.2) is 21.4 Å². The van der Waals surface area contributed by atoms with Crippen LogP contribution in [0.25, 0.3) is 0 Å². The molecular weight excluding hydrogens is 400 g/mol. The van der Waals surface area contributed by atoms with Crippen LogP contribution in [-0.2, 0) is 10.0 Å². The Kier molecular flexibility index (Phi) is 5.87. The van der Waals surface area contributed by atoms with Crippen molar-refractivity contribution in [2.75, 3.05) is 17.1 Å². The van der Waals surface area contributed by atoms with Gasteiger partial charge < -0.3 is 10.1 Å². The maximum absolute atomic E-state index is 12.5. The summed E-state index contributed by atoms with van der Waals surface area (Å²) in [6.07, 6.45) is 0. The molecular formula is C20H17ClN2O4S. The van der Waals surface area contributed by atoms with E-state index in [2.05, 4.69) is 10.0 Å². The number of carbonyl (C=O) groups excluding carboxylic acids is 1. The number of ether oxygens (including phenoxy) is 1. The van der Waals surface area contributed by atoms with Crippen LogP contribution in [0.2, 0.25) is 5.02 Å². The summed E-state index contributed by atoms with van der Waals surface area (Å²) in [4.78, 5) is 12.3. The van der Waals surface area contributed by atoms with Gasteiger partial charge in [0, 0.05) is 11.4 Å². The Morgan fingerprint density at radius 1 is 0.893 bits per heavy atom. The highest BCUT2D eigenvalue weighted by atomic mass is 35.5. The number of halogens is 1. The first-order chi connectivity index (χ1) is 13.4. The second-order valence-electron chi connectivity index (χ2n) is 5.79. The van der Waals surface area contributed by atoms with Crippen molar-refractivity contribution in [1.29, 1.82) is 0 Å². The van der Waals surface area contributed by atoms with Gasteiger partial charge in [0.15, 0.2) is 0 Å². The number of anilines is 2. The normalized spacial score (nSPS) is 10.9. The van der Waals surface area contributed by atoms with Gasteiger partial charge in [-0.15, -0.1) is 0 Å². The molecule has 0 fully saturated rings. The maximum Gasteiger partial charge on any atom is 0.261 e. The molecule has 0 bridgehead atoms. The number of benzene rings is 3. The molecule has 1 amide bonds. The lowest BCUT2D eigenvalue weighted by Gasteiger charge is -2.10. The van der Waals surface area contributed by atoms with Gasteiger partial charge in [-0.3, -0.25) is 9.52 Å². The summed E-state index contributed by atoms with van der Waals surface area (Å²) < 4.78 is 32.6. The third-order valence-electron chi connectivity index (χ3n) is 3.88. The minimum Gasteiger partial charge on any atom is -0.497 e. The Morgan fingerprint density at radius 3 is 2.11 bits per heavy atom. The van der Waals surface area contributed by atoms with E-state index in [1.807, 2.05) is 0 Å². The van der Waals surface area contributed by atoms with E-state index < -0.39 is 10.0 Å². The van der Waals surface area contributed by atoms with Gasteiger partial charge in [0.1, 0.15) is 5.75 Å². The smallest absolute Gasteiger partial charge is 0.261 e. The summed E-state index contributed by atoms with van der Waals surface area (Å²) in [6, 6.07) is 19.0. The molecule has 0 heterocycles. The summed E-state index contributed by atoms with van der Waals surface area (Å²) in [6.45, 7) is 0. The zero-order valence-electron chi connectivity index (χ0n) is 14.8. The summed E-state index contributed by atoms with van der Waals surface area (Å²) in [5, 5.41) is 3.02. The molecule has 0 aliphatic heterocycles. The van der Waals surface area contributed by atoms with Crippen molar-refractivity contribution in [2.45, 2.75) is 4.90 Å². The van der Waals surface area contributed by atoms with E-state index in [-0.39, 0.29) is 10.8 Å². The summed E-state index contributed by atoms with van der Waals surface area (Å²) in [5.74, 6) is 0.249. The van der Waals surface area contributed by atoms with E-state index in [1.54, 1.807) is 48.5 Å². The number of hydrogen-bond acceptors (Lipinski definition) is 4. The molecule has 3 aromatic rings. The van der Waals surface area contributed by atoms with E-state index >= 15 is 0 Å². The summed E-state index contributed by atoms with van der Waals surface area (Å²) in [5.41, 5.74) is 1.20. The monoisotopic (exact) mass is 416 g/mol. The molecule has 8 heteroatoms. The maximum atomic E-state index is 12.5. The molecule has 0 aromatic heterocycles. The SMILES string of the molecule is COc1ccc(NS(=O)(=O)c2ccc(NC(=O)c3ccccc3Cl)cc2)cc1. The quantitative estimate of drug-likeness (QED) is 0.623. The molecule has 0 aliphatic carbocycles. The lowest BCUT2D eigenvalue weighted by atomic mass is 10.2. The van der Waals surface area contributed by atoms with Gasteiger partial charge in [-0.25, -0.2) is 8.42 Å². The highest BCUT2D eigenvalue weighted by molar-refractivity contribution is 7.92. The molecule has 144 valence electrons. The number of sulfonamides is 1. The summed E-state index contributed by atoms with van der Waals surface area (Å²) >= 11 is 6.01. The first kappa shape index (κ1) is 19.7. The molecule has 2 N–H and O–H groups in total. The van der Waals surface area contributed by atoms with Crippen LogP contribution in [0.15, 0.2) is 77.7 Å². The second kappa shape index (κ2) is 8.33. The number of methoxy groups -OCH3 is 1. The zero-order valence-corrected chi connectivity index (χ0v) is 16.4. The van der Waals surface area contributed by atoms with E-state index in [0.717, 1.165) is 0 Å². The lowest BCUT2D eigenvalue weighted by molar-refractivity contribution is 0.102. The standard InChI is InChI=1S/C20H17ClN2O4S/c1-27-16-10-6-15(7-11-16)23-28(25,26)17-12-8-14(9-13-17)22-20(24)18-4-2-3-5-19(18)21/h2-13,23H,1H3,(H,22,24). The molecule has 0 saturated carbocycles. The highest BCUT2D eigenvalue weighted by Crippen LogP contribution is 2.21. The Labute approximate surface area is 168 Å². The average Bonchev–Trinajstić information content (AvgIpc) is 2.69. The number of nitrogens with one attached hydrogen (secondary N) is 2. The van der Waals surface area contributed by atoms with Gasteiger partial charge in [0.25, 0.3) is 15.9 Å². The molecule has 0 aliphatic rings. The van der Waals surface area contributed by atoms with Crippen LogP contribution < -0.4 is 14.8 Å². The minimum atomic E-state index is -3.76. The molecule has 28 heavy (non-hydrogen) atoms. The van der Waals surface area contributed by atoms with Crippen LogP contribution in [0, 0.1) is 0 Å². The van der Waals surface area contributed by atoms with Crippen LogP contribution in [0.5, 0.6) is 5.75 Å². The molecule has 3 rings (SSSR count). The first-order valence-corrected chi connectivity index (χ1v) is 10.1. The van der Waals surface area contributed by atoms with Gasteiger partial charge in [0.05, 0.1) is 22.6 Å². The fourth-order valence-corrected chi connectivity index (χ4v) is 3.71. The number of carbonyl (C=O) groups is 1. The van der Waals surface area contributed by atoms with E-state index in [0.29, 0.717) is 27.7 Å². The van der Waals surface area contributed by atoms with E-state index in [1.165, 1.54) is 31.4 Å². The van der Waals surface area contributed by atoms with Crippen LogP contribution in [0.1, 0.15) is 10.4 Å². The molecule has 0 spiro atoms. The third kappa shape index (κ3) is 4.62. The van der Waals surface area contributed by atoms with Crippen LogP contribution >= 0.6 is 11.6 Å². The van der Waals surface area contributed by atoms with Crippen molar-refractivity contribution < 1.29 is 17.9 Å². The van der Waals surface area contributed by atoms with Crippen molar-refractivity contribution >= 4 is 38.9 Å². The topological polar surface area (TPSA) is 84.5 Å². The summed E-state index contributed by atoms with van der Waals surface area (Å²) in [7, 11) is -2.23. The van der Waals surface area contributed by atoms with E-state index in [9.17, 15) is 13.2 Å². The van der Waals surface area contributed by atoms with Crippen molar-refractivity contribution in [2.24, 2.45) is 0 Å². The molecule has 0 unspecified atom stereocenters. The van der Waals surface area contributed by atoms with Crippen molar-refractivity contribution in [3.8, 4) is 5.75 Å². The largest absolute Gasteiger partial charge is 0.497 e. The van der Waals surface area contributed by atoms with Gasteiger partial charge in [-0.2, -0.15) is 0 Å². The van der Waals surface area contributed by atoms with Crippen molar-refractivity contribution in [1.82, 2.24) is 0 Å². The molecule has 0 atom stereocenters. The van der Waals surface area contributed by atoms with Gasteiger partial charge >= 0.3 is 0 Å². The Balaban J connectivity index is 1.72. The van der Waals surface area contributed by atoms with Crippen LogP contribution in [0.4, 0.5) is 11.4 Å². The van der Waals surface area contributed by atoms with Crippen LogP contribution in [0.3, 0.4) is 0 Å². The minimum absolute atomic E-state index is 0.0686. The zero-order chi connectivity index (χ0) is 20.1. The van der Waals surface area contributed by atoms with Crippen molar-refractivity contribution in [3.63, 3.8) is 0 Å².